The first-order valence-electron chi connectivity index (χ1n) is 11.1. The van der Waals surface area contributed by atoms with Crippen molar-refractivity contribution in [1.29, 1.82) is 0 Å². The minimum absolute atomic E-state index is 0.241. The Morgan fingerprint density at radius 2 is 1.42 bits per heavy atom. The fraction of sp³-hybridized carbons (Fsp3) is 0.905. The van der Waals surface area contributed by atoms with Gasteiger partial charge in [-0.3, -0.25) is 9.59 Å². The Labute approximate surface area is 183 Å². The molecule has 1 aliphatic rings. The van der Waals surface area contributed by atoms with Crippen molar-refractivity contribution in [2.24, 2.45) is 0 Å². The van der Waals surface area contributed by atoms with Gasteiger partial charge in [0.25, 0.3) is 0 Å². The van der Waals surface area contributed by atoms with Gasteiger partial charge in [-0.05, 0) is 12.8 Å². The maximum absolute atomic E-state index is 11.7. The van der Waals surface area contributed by atoms with Crippen LogP contribution in [0.1, 0.15) is 65.2 Å². The van der Waals surface area contributed by atoms with Gasteiger partial charge in [0.2, 0.25) is 0 Å². The lowest BCUT2D eigenvalue weighted by molar-refractivity contribution is -0.305. The number of aliphatic hydroxyl groups excluding tert-OH is 4. The minimum Gasteiger partial charge on any atom is -0.463 e. The highest BCUT2D eigenvalue weighted by atomic mass is 16.7. The summed E-state index contributed by atoms with van der Waals surface area (Å²) < 4.78 is 20.8. The van der Waals surface area contributed by atoms with E-state index < -0.39 is 48.7 Å². The van der Waals surface area contributed by atoms with E-state index in [1.807, 2.05) is 13.8 Å². The molecule has 0 bridgehead atoms. The number of hydrogen-bond acceptors (Lipinski definition) is 10. The lowest BCUT2D eigenvalue weighted by Crippen LogP contribution is -2.59. The van der Waals surface area contributed by atoms with Crippen LogP contribution in [0.25, 0.3) is 0 Å². The molecule has 0 saturated carbocycles. The van der Waals surface area contributed by atoms with Crippen molar-refractivity contribution in [1.82, 2.24) is 0 Å². The smallest absolute Gasteiger partial charge is 0.305 e. The van der Waals surface area contributed by atoms with Crippen LogP contribution in [-0.2, 0) is 28.5 Å². The Morgan fingerprint density at radius 1 is 0.839 bits per heavy atom. The second kappa shape index (κ2) is 15.5. The minimum atomic E-state index is -1.59. The summed E-state index contributed by atoms with van der Waals surface area (Å²) in [7, 11) is 0. The van der Waals surface area contributed by atoms with Crippen LogP contribution >= 0.6 is 0 Å². The molecule has 0 amide bonds. The van der Waals surface area contributed by atoms with Crippen molar-refractivity contribution < 1.29 is 49.0 Å². The molecule has 0 aliphatic carbocycles. The third kappa shape index (κ3) is 10.7. The van der Waals surface area contributed by atoms with Gasteiger partial charge >= 0.3 is 11.9 Å². The molecular weight excluding hydrogens is 412 g/mol. The van der Waals surface area contributed by atoms with Crippen LogP contribution in [0.3, 0.4) is 0 Å². The molecule has 0 aromatic heterocycles. The molecule has 10 nitrogen and oxygen atoms in total. The Balaban J connectivity index is 2.41. The Morgan fingerprint density at radius 3 is 2.00 bits per heavy atom. The molecular formula is C21H38O10. The molecule has 0 aromatic carbocycles. The lowest BCUT2D eigenvalue weighted by Gasteiger charge is -2.40. The second-order valence-corrected chi connectivity index (χ2v) is 7.78. The number of hydrogen-bond donors (Lipinski definition) is 4. The zero-order chi connectivity index (χ0) is 23.2. The van der Waals surface area contributed by atoms with E-state index in [0.717, 1.165) is 32.1 Å². The van der Waals surface area contributed by atoms with Crippen LogP contribution < -0.4 is 0 Å². The molecule has 0 radical (unpaired) electrons. The Hall–Kier alpha value is -1.30. The summed E-state index contributed by atoms with van der Waals surface area (Å²) in [6.07, 6.45) is -2.59. The molecule has 0 spiro atoms. The van der Waals surface area contributed by atoms with Crippen LogP contribution in [-0.4, -0.2) is 89.0 Å². The SMILES string of the molecule is CCCCCC(=O)OC[C@@H](O)CO[C@@H]1O[C@H](COC(=O)CCCCC)[C@H](O)[C@H](O)[C@H]1O. The molecule has 1 heterocycles. The first kappa shape index (κ1) is 27.7. The van der Waals surface area contributed by atoms with E-state index in [1.165, 1.54) is 0 Å². The number of carbonyl (C=O) groups is 2. The molecule has 182 valence electrons. The zero-order valence-corrected chi connectivity index (χ0v) is 18.5. The quantitative estimate of drug-likeness (QED) is 0.204. The summed E-state index contributed by atoms with van der Waals surface area (Å²) >= 11 is 0. The first-order chi connectivity index (χ1) is 14.8. The van der Waals surface area contributed by atoms with Crippen LogP contribution in [0, 0.1) is 0 Å². The van der Waals surface area contributed by atoms with Crippen LogP contribution in [0.2, 0.25) is 0 Å². The average Bonchev–Trinajstić information content (AvgIpc) is 2.75. The number of carbonyl (C=O) groups excluding carboxylic acids is 2. The highest BCUT2D eigenvalue weighted by Gasteiger charge is 2.45. The molecule has 31 heavy (non-hydrogen) atoms. The third-order valence-corrected chi connectivity index (χ3v) is 4.94. The Bertz CT molecular complexity index is 514. The van der Waals surface area contributed by atoms with Gasteiger partial charge in [-0.25, -0.2) is 0 Å². The molecule has 4 N–H and O–H groups in total. The van der Waals surface area contributed by atoms with Gasteiger partial charge in [-0.1, -0.05) is 39.5 Å². The fourth-order valence-corrected chi connectivity index (χ4v) is 2.99. The van der Waals surface area contributed by atoms with Gasteiger partial charge in [0.1, 0.15) is 43.7 Å². The van der Waals surface area contributed by atoms with Crippen LogP contribution in [0.4, 0.5) is 0 Å². The van der Waals surface area contributed by atoms with Gasteiger partial charge in [0, 0.05) is 12.8 Å². The van der Waals surface area contributed by atoms with Crippen LogP contribution in [0.5, 0.6) is 0 Å². The van der Waals surface area contributed by atoms with Crippen molar-refractivity contribution in [2.75, 3.05) is 19.8 Å². The molecule has 1 aliphatic heterocycles. The van der Waals surface area contributed by atoms with E-state index in [-0.39, 0.29) is 32.7 Å². The standard InChI is InChI=1S/C21H38O10/c1-3-5-7-9-16(23)28-11-14(22)12-30-21-20(27)19(26)18(25)15(31-21)13-29-17(24)10-8-6-4-2/h14-15,18-22,25-27H,3-13H2,1-2H3/t14-,15-,18+,19+,20-,21-/m1/s1. The zero-order valence-electron chi connectivity index (χ0n) is 18.5. The van der Waals surface area contributed by atoms with Crippen LogP contribution in [0.15, 0.2) is 0 Å². The van der Waals surface area contributed by atoms with Crippen molar-refractivity contribution in [3.05, 3.63) is 0 Å². The molecule has 6 atom stereocenters. The predicted molar refractivity (Wildman–Crippen MR) is 109 cm³/mol. The molecule has 10 heteroatoms. The topological polar surface area (TPSA) is 152 Å². The average molecular weight is 451 g/mol. The van der Waals surface area contributed by atoms with Crippen molar-refractivity contribution in [3.8, 4) is 0 Å². The number of esters is 2. The number of unbranched alkanes of at least 4 members (excludes halogenated alkanes) is 4. The fourth-order valence-electron chi connectivity index (χ4n) is 2.99. The lowest BCUT2D eigenvalue weighted by atomic mass is 9.99. The highest BCUT2D eigenvalue weighted by Crippen LogP contribution is 2.23. The third-order valence-electron chi connectivity index (χ3n) is 4.94. The van der Waals surface area contributed by atoms with Crippen molar-refractivity contribution in [3.63, 3.8) is 0 Å². The molecule has 1 rings (SSSR count). The number of ether oxygens (including phenoxy) is 4. The summed E-state index contributed by atoms with van der Waals surface area (Å²) in [6, 6.07) is 0. The summed E-state index contributed by atoms with van der Waals surface area (Å²) in [5, 5.41) is 40.1. The summed E-state index contributed by atoms with van der Waals surface area (Å²) in [6.45, 7) is 3.10. The number of aliphatic hydroxyl groups is 4. The molecule has 1 fully saturated rings. The maximum atomic E-state index is 11.7. The highest BCUT2D eigenvalue weighted by molar-refractivity contribution is 5.69. The van der Waals surface area contributed by atoms with Gasteiger partial charge < -0.3 is 39.4 Å². The molecule has 1 saturated heterocycles. The molecule has 0 unspecified atom stereocenters. The monoisotopic (exact) mass is 450 g/mol. The Kier molecular flexibility index (Phi) is 13.9. The van der Waals surface area contributed by atoms with E-state index in [4.69, 9.17) is 18.9 Å². The van der Waals surface area contributed by atoms with Crippen molar-refractivity contribution >= 4 is 11.9 Å². The summed E-state index contributed by atoms with van der Waals surface area (Å²) in [5.41, 5.74) is 0. The van der Waals surface area contributed by atoms with E-state index in [0.29, 0.717) is 6.42 Å². The normalized spacial score (nSPS) is 27.0. The van der Waals surface area contributed by atoms with Gasteiger partial charge in [0.15, 0.2) is 6.29 Å². The summed E-state index contributed by atoms with van der Waals surface area (Å²) in [5.74, 6) is -0.862. The van der Waals surface area contributed by atoms with E-state index >= 15 is 0 Å². The van der Waals surface area contributed by atoms with Gasteiger partial charge in [-0.2, -0.15) is 0 Å². The largest absolute Gasteiger partial charge is 0.463 e. The maximum Gasteiger partial charge on any atom is 0.305 e. The molecule has 0 aromatic rings. The number of rotatable bonds is 15. The van der Waals surface area contributed by atoms with Gasteiger partial charge in [-0.15, -0.1) is 0 Å². The van der Waals surface area contributed by atoms with Crippen molar-refractivity contribution in [2.45, 2.75) is 102 Å². The van der Waals surface area contributed by atoms with E-state index in [2.05, 4.69) is 0 Å². The second-order valence-electron chi connectivity index (χ2n) is 7.78. The van der Waals surface area contributed by atoms with E-state index in [9.17, 15) is 30.0 Å². The summed E-state index contributed by atoms with van der Waals surface area (Å²) in [4.78, 5) is 23.3. The van der Waals surface area contributed by atoms with Gasteiger partial charge in [0.05, 0.1) is 6.61 Å². The first-order valence-corrected chi connectivity index (χ1v) is 11.1. The predicted octanol–water partition coefficient (Wildman–Crippen LogP) is 0.418. The van der Waals surface area contributed by atoms with E-state index in [1.54, 1.807) is 0 Å².